The van der Waals surface area contributed by atoms with Crippen LogP contribution in [0.3, 0.4) is 0 Å². The molecule has 0 spiro atoms. The summed E-state index contributed by atoms with van der Waals surface area (Å²) < 4.78 is 13.8. The molecular weight excluding hydrogens is 318 g/mol. The number of hydrogen-bond acceptors (Lipinski definition) is 7. The summed E-state index contributed by atoms with van der Waals surface area (Å²) in [7, 11) is 3.19. The molecule has 8 heteroatoms. The Labute approximate surface area is 138 Å². The molecule has 0 aliphatic heterocycles. The monoisotopic (exact) mass is 335 g/mol. The smallest absolute Gasteiger partial charge is 0.346 e. The molecule has 0 aliphatic rings. The fourth-order valence-electron chi connectivity index (χ4n) is 2.05. The second-order valence-electron chi connectivity index (χ2n) is 4.52. The van der Waals surface area contributed by atoms with Gasteiger partial charge in [0.15, 0.2) is 5.57 Å². The molecular formula is C16H17NO7. The Morgan fingerprint density at radius 1 is 0.875 bits per heavy atom. The van der Waals surface area contributed by atoms with E-state index in [0.717, 1.165) is 21.3 Å². The number of hydrogen-bond donors (Lipinski definition) is 1. The van der Waals surface area contributed by atoms with Crippen molar-refractivity contribution in [1.82, 2.24) is 0 Å². The van der Waals surface area contributed by atoms with Gasteiger partial charge in [-0.3, -0.25) is 4.79 Å². The van der Waals surface area contributed by atoms with Crippen LogP contribution in [0.15, 0.2) is 29.8 Å². The van der Waals surface area contributed by atoms with E-state index in [4.69, 9.17) is 5.73 Å². The van der Waals surface area contributed by atoms with Gasteiger partial charge >= 0.3 is 17.9 Å². The lowest BCUT2D eigenvalue weighted by Crippen LogP contribution is -2.23. The van der Waals surface area contributed by atoms with Gasteiger partial charge in [0.25, 0.3) is 0 Å². The van der Waals surface area contributed by atoms with Gasteiger partial charge in [-0.25, -0.2) is 14.4 Å². The molecule has 0 unspecified atom stereocenters. The Balaban J connectivity index is 3.77. The summed E-state index contributed by atoms with van der Waals surface area (Å²) in [5, 5.41) is 0. The van der Waals surface area contributed by atoms with Gasteiger partial charge in [0.1, 0.15) is 0 Å². The Hall–Kier alpha value is -3.16. The normalized spacial score (nSPS) is 9.62. The molecule has 0 fully saturated rings. The van der Waals surface area contributed by atoms with Crippen molar-refractivity contribution in [1.29, 1.82) is 0 Å². The van der Waals surface area contributed by atoms with Crippen molar-refractivity contribution in [3.05, 3.63) is 41.0 Å². The molecule has 0 aliphatic carbocycles. The fraction of sp³-hybridized carbons (Fsp3) is 0.250. The molecule has 0 saturated carbocycles. The van der Waals surface area contributed by atoms with E-state index < -0.39 is 29.4 Å². The number of methoxy groups -OCH3 is 3. The van der Waals surface area contributed by atoms with Gasteiger partial charge in [0.2, 0.25) is 5.91 Å². The van der Waals surface area contributed by atoms with Crippen LogP contribution in [0.25, 0.3) is 5.57 Å². The SMILES string of the molecule is COC(=O)C(C(=O)OC)=C(C(=O)OC)c1ccccc1CC(N)=O. The van der Waals surface area contributed by atoms with Crippen LogP contribution in [0.5, 0.6) is 0 Å². The first-order chi connectivity index (χ1) is 11.4. The zero-order chi connectivity index (χ0) is 18.3. The summed E-state index contributed by atoms with van der Waals surface area (Å²) in [5.74, 6) is -3.76. The number of ether oxygens (including phenoxy) is 3. The Bertz CT molecular complexity index is 688. The third-order valence-corrected chi connectivity index (χ3v) is 3.07. The lowest BCUT2D eigenvalue weighted by atomic mass is 9.93. The highest BCUT2D eigenvalue weighted by molar-refractivity contribution is 6.32. The van der Waals surface area contributed by atoms with E-state index in [1.54, 1.807) is 12.1 Å². The van der Waals surface area contributed by atoms with E-state index in [-0.39, 0.29) is 17.6 Å². The summed E-state index contributed by atoms with van der Waals surface area (Å²) in [6, 6.07) is 6.17. The minimum atomic E-state index is -1.07. The largest absolute Gasteiger partial charge is 0.465 e. The summed E-state index contributed by atoms with van der Waals surface area (Å²) >= 11 is 0. The molecule has 128 valence electrons. The Kier molecular flexibility index (Phi) is 6.66. The number of amides is 1. The first kappa shape index (κ1) is 18.9. The zero-order valence-corrected chi connectivity index (χ0v) is 13.5. The summed E-state index contributed by atoms with van der Waals surface area (Å²) in [5.41, 5.74) is 4.68. The number of rotatable bonds is 6. The van der Waals surface area contributed by atoms with Crippen molar-refractivity contribution < 1.29 is 33.4 Å². The first-order valence-electron chi connectivity index (χ1n) is 6.73. The van der Waals surface area contributed by atoms with Gasteiger partial charge in [0.05, 0.1) is 33.3 Å². The van der Waals surface area contributed by atoms with E-state index in [1.807, 2.05) is 0 Å². The van der Waals surface area contributed by atoms with Crippen molar-refractivity contribution in [2.24, 2.45) is 5.73 Å². The lowest BCUT2D eigenvalue weighted by molar-refractivity contribution is -0.145. The third-order valence-electron chi connectivity index (χ3n) is 3.07. The van der Waals surface area contributed by atoms with Gasteiger partial charge in [0, 0.05) is 0 Å². The maximum atomic E-state index is 12.2. The molecule has 1 rings (SSSR count). The molecule has 0 atom stereocenters. The van der Waals surface area contributed by atoms with E-state index in [1.165, 1.54) is 12.1 Å². The van der Waals surface area contributed by atoms with Gasteiger partial charge < -0.3 is 19.9 Å². The van der Waals surface area contributed by atoms with Crippen LogP contribution in [0, 0.1) is 0 Å². The summed E-state index contributed by atoms with van der Waals surface area (Å²) in [6.45, 7) is 0. The van der Waals surface area contributed by atoms with Crippen molar-refractivity contribution in [3.63, 3.8) is 0 Å². The Morgan fingerprint density at radius 2 is 1.38 bits per heavy atom. The average molecular weight is 335 g/mol. The molecule has 1 amide bonds. The minimum absolute atomic E-state index is 0.147. The van der Waals surface area contributed by atoms with E-state index in [0.29, 0.717) is 5.56 Å². The highest BCUT2D eigenvalue weighted by Gasteiger charge is 2.31. The van der Waals surface area contributed by atoms with Crippen LogP contribution >= 0.6 is 0 Å². The molecule has 1 aromatic carbocycles. The number of nitrogens with two attached hydrogens (primary N) is 1. The number of esters is 3. The standard InChI is InChI=1S/C16H17NO7/c1-22-14(19)12(13(15(20)23-2)16(21)24-3)10-7-5-4-6-9(10)8-11(17)18/h4-7H,8H2,1-3H3,(H2,17,18). The van der Waals surface area contributed by atoms with Crippen molar-refractivity contribution >= 4 is 29.4 Å². The molecule has 2 N–H and O–H groups in total. The second kappa shape index (κ2) is 8.47. The predicted octanol–water partition coefficient (Wildman–Crippen LogP) is -0.0130. The fourth-order valence-corrected chi connectivity index (χ4v) is 2.05. The number of carbonyl (C=O) groups excluding carboxylic acids is 4. The van der Waals surface area contributed by atoms with Crippen molar-refractivity contribution in [2.45, 2.75) is 6.42 Å². The molecule has 24 heavy (non-hydrogen) atoms. The molecule has 1 aromatic rings. The summed E-state index contributed by atoms with van der Waals surface area (Å²) in [4.78, 5) is 47.5. The molecule has 8 nitrogen and oxygen atoms in total. The van der Waals surface area contributed by atoms with Crippen LogP contribution < -0.4 is 5.73 Å². The van der Waals surface area contributed by atoms with Gasteiger partial charge in [-0.15, -0.1) is 0 Å². The molecule has 0 bridgehead atoms. The van der Waals surface area contributed by atoms with Crippen LogP contribution in [0.4, 0.5) is 0 Å². The second-order valence-corrected chi connectivity index (χ2v) is 4.52. The van der Waals surface area contributed by atoms with Crippen LogP contribution in [0.2, 0.25) is 0 Å². The zero-order valence-electron chi connectivity index (χ0n) is 13.5. The van der Waals surface area contributed by atoms with Crippen LogP contribution in [-0.4, -0.2) is 45.1 Å². The number of carbonyl (C=O) groups is 4. The topological polar surface area (TPSA) is 122 Å². The summed E-state index contributed by atoms with van der Waals surface area (Å²) in [6.07, 6.45) is -0.202. The molecule has 0 aromatic heterocycles. The molecule has 0 radical (unpaired) electrons. The quantitative estimate of drug-likeness (QED) is 0.255. The molecule has 0 heterocycles. The predicted molar refractivity (Wildman–Crippen MR) is 82.3 cm³/mol. The molecule has 0 saturated heterocycles. The lowest BCUT2D eigenvalue weighted by Gasteiger charge is -2.14. The minimum Gasteiger partial charge on any atom is -0.465 e. The van der Waals surface area contributed by atoms with Gasteiger partial charge in [-0.05, 0) is 11.1 Å². The van der Waals surface area contributed by atoms with E-state index in [2.05, 4.69) is 14.2 Å². The highest BCUT2D eigenvalue weighted by Crippen LogP contribution is 2.26. The van der Waals surface area contributed by atoms with Crippen LogP contribution in [0.1, 0.15) is 11.1 Å². The van der Waals surface area contributed by atoms with Crippen LogP contribution in [-0.2, 0) is 39.8 Å². The number of primary amides is 1. The highest BCUT2D eigenvalue weighted by atomic mass is 16.5. The maximum Gasteiger partial charge on any atom is 0.346 e. The van der Waals surface area contributed by atoms with E-state index in [9.17, 15) is 19.2 Å². The van der Waals surface area contributed by atoms with Gasteiger partial charge in [-0.2, -0.15) is 0 Å². The first-order valence-corrected chi connectivity index (χ1v) is 6.73. The number of benzene rings is 1. The maximum absolute atomic E-state index is 12.2. The van der Waals surface area contributed by atoms with Gasteiger partial charge in [-0.1, -0.05) is 24.3 Å². The third kappa shape index (κ3) is 4.19. The van der Waals surface area contributed by atoms with Crippen molar-refractivity contribution in [3.8, 4) is 0 Å². The van der Waals surface area contributed by atoms with E-state index >= 15 is 0 Å². The Morgan fingerprint density at radius 3 is 1.83 bits per heavy atom. The average Bonchev–Trinajstić information content (AvgIpc) is 2.58. The van der Waals surface area contributed by atoms with Crippen molar-refractivity contribution in [2.75, 3.05) is 21.3 Å².